The zero-order valence-electron chi connectivity index (χ0n) is 15.8. The van der Waals surface area contributed by atoms with Crippen molar-refractivity contribution in [3.63, 3.8) is 0 Å². The molecule has 148 valence electrons. The molecule has 2 heterocycles. The first-order valence-corrected chi connectivity index (χ1v) is 9.41. The SMILES string of the molecule is COCOC(c1ccccc1)c1ccc(Cn2cnc3c(Cl)nc(N)nc32)cc1. The minimum atomic E-state index is -0.203. The first-order chi connectivity index (χ1) is 14.2. The Hall–Kier alpha value is -3.00. The first kappa shape index (κ1) is 19.3. The maximum absolute atomic E-state index is 6.10. The number of anilines is 1. The average Bonchev–Trinajstić information content (AvgIpc) is 3.13. The second-order valence-corrected chi connectivity index (χ2v) is 6.88. The topological polar surface area (TPSA) is 88.1 Å². The third-order valence-corrected chi connectivity index (χ3v) is 4.79. The van der Waals surface area contributed by atoms with Gasteiger partial charge < -0.3 is 19.8 Å². The summed E-state index contributed by atoms with van der Waals surface area (Å²) in [6.07, 6.45) is 1.48. The Kier molecular flexibility index (Phi) is 5.71. The smallest absolute Gasteiger partial charge is 0.223 e. The summed E-state index contributed by atoms with van der Waals surface area (Å²) in [5, 5.41) is 0.252. The number of benzene rings is 2. The summed E-state index contributed by atoms with van der Waals surface area (Å²) in [7, 11) is 1.61. The molecule has 4 rings (SSSR count). The van der Waals surface area contributed by atoms with Crippen molar-refractivity contribution in [3.8, 4) is 0 Å². The lowest BCUT2D eigenvalue weighted by Gasteiger charge is -2.19. The van der Waals surface area contributed by atoms with Crippen LogP contribution in [0.15, 0.2) is 60.9 Å². The van der Waals surface area contributed by atoms with E-state index in [-0.39, 0.29) is 24.0 Å². The van der Waals surface area contributed by atoms with Gasteiger partial charge in [-0.15, -0.1) is 0 Å². The van der Waals surface area contributed by atoms with Crippen molar-refractivity contribution in [2.75, 3.05) is 19.6 Å². The van der Waals surface area contributed by atoms with Crippen LogP contribution in [0.25, 0.3) is 11.2 Å². The van der Waals surface area contributed by atoms with E-state index in [1.807, 2.05) is 34.9 Å². The highest BCUT2D eigenvalue weighted by Crippen LogP contribution is 2.27. The van der Waals surface area contributed by atoms with E-state index in [2.05, 4.69) is 39.2 Å². The van der Waals surface area contributed by atoms with Crippen molar-refractivity contribution in [1.82, 2.24) is 19.5 Å². The van der Waals surface area contributed by atoms with Gasteiger partial charge in [-0.25, -0.2) is 4.98 Å². The maximum atomic E-state index is 6.10. The number of ether oxygens (including phenoxy) is 2. The molecule has 8 heteroatoms. The fourth-order valence-corrected chi connectivity index (χ4v) is 3.40. The maximum Gasteiger partial charge on any atom is 0.223 e. The Morgan fingerprint density at radius 3 is 2.48 bits per heavy atom. The number of imidazole rings is 1. The van der Waals surface area contributed by atoms with E-state index in [0.717, 1.165) is 16.7 Å². The van der Waals surface area contributed by atoms with Gasteiger partial charge in [-0.2, -0.15) is 9.97 Å². The number of aromatic nitrogens is 4. The van der Waals surface area contributed by atoms with Gasteiger partial charge in [0.1, 0.15) is 18.4 Å². The van der Waals surface area contributed by atoms with Crippen LogP contribution in [-0.4, -0.2) is 33.4 Å². The van der Waals surface area contributed by atoms with Gasteiger partial charge in [0.2, 0.25) is 5.95 Å². The number of fused-ring (bicyclic) bond motifs is 1. The summed E-state index contributed by atoms with van der Waals surface area (Å²) in [6.45, 7) is 0.794. The number of methoxy groups -OCH3 is 1. The van der Waals surface area contributed by atoms with Crippen LogP contribution in [0.3, 0.4) is 0 Å². The molecule has 7 nitrogen and oxygen atoms in total. The van der Waals surface area contributed by atoms with Crippen molar-refractivity contribution in [3.05, 3.63) is 82.8 Å². The number of halogens is 1. The molecule has 2 aromatic heterocycles. The molecule has 29 heavy (non-hydrogen) atoms. The predicted molar refractivity (Wildman–Crippen MR) is 112 cm³/mol. The van der Waals surface area contributed by atoms with Crippen LogP contribution in [0.4, 0.5) is 5.95 Å². The molecule has 0 bridgehead atoms. The number of nitrogens with two attached hydrogens (primary N) is 1. The molecular formula is C21H20ClN5O2. The fraction of sp³-hybridized carbons (Fsp3) is 0.190. The van der Waals surface area contributed by atoms with Crippen LogP contribution >= 0.6 is 11.6 Å². The van der Waals surface area contributed by atoms with Crippen LogP contribution in [0, 0.1) is 0 Å². The van der Waals surface area contributed by atoms with Crippen molar-refractivity contribution in [1.29, 1.82) is 0 Å². The Balaban J connectivity index is 1.59. The predicted octanol–water partition coefficient (Wildman–Crippen LogP) is 3.82. The van der Waals surface area contributed by atoms with Crippen molar-refractivity contribution in [2.24, 2.45) is 0 Å². The largest absolute Gasteiger partial charge is 0.368 e. The quantitative estimate of drug-likeness (QED) is 0.368. The van der Waals surface area contributed by atoms with Gasteiger partial charge in [0, 0.05) is 7.11 Å². The molecule has 0 aliphatic carbocycles. The molecule has 0 saturated heterocycles. The van der Waals surface area contributed by atoms with Crippen LogP contribution < -0.4 is 5.73 Å². The van der Waals surface area contributed by atoms with Gasteiger partial charge in [0.05, 0.1) is 12.9 Å². The number of nitrogens with zero attached hydrogens (tertiary/aromatic N) is 4. The highest BCUT2D eigenvalue weighted by atomic mass is 35.5. The zero-order valence-corrected chi connectivity index (χ0v) is 16.6. The molecule has 4 aromatic rings. The minimum Gasteiger partial charge on any atom is -0.368 e. The number of hydrogen-bond acceptors (Lipinski definition) is 6. The van der Waals surface area contributed by atoms with Gasteiger partial charge in [0.15, 0.2) is 10.8 Å². The first-order valence-electron chi connectivity index (χ1n) is 9.04. The normalized spacial score (nSPS) is 12.3. The Labute approximate surface area is 173 Å². The van der Waals surface area contributed by atoms with Gasteiger partial charge in [-0.1, -0.05) is 66.2 Å². The zero-order chi connectivity index (χ0) is 20.2. The van der Waals surface area contributed by atoms with Crippen LogP contribution in [-0.2, 0) is 16.0 Å². The lowest BCUT2D eigenvalue weighted by molar-refractivity contribution is -0.0591. The molecule has 0 aliphatic rings. The van der Waals surface area contributed by atoms with E-state index in [4.69, 9.17) is 26.8 Å². The van der Waals surface area contributed by atoms with E-state index < -0.39 is 0 Å². The summed E-state index contributed by atoms with van der Waals surface area (Å²) in [4.78, 5) is 12.5. The van der Waals surface area contributed by atoms with E-state index in [9.17, 15) is 0 Å². The molecule has 0 saturated carbocycles. The third-order valence-electron chi connectivity index (χ3n) is 4.53. The monoisotopic (exact) mass is 409 g/mol. The molecule has 2 N–H and O–H groups in total. The van der Waals surface area contributed by atoms with Gasteiger partial charge in [0.25, 0.3) is 0 Å². The molecule has 0 spiro atoms. The Bertz CT molecular complexity index is 1100. The molecule has 0 amide bonds. The second-order valence-electron chi connectivity index (χ2n) is 6.52. The summed E-state index contributed by atoms with van der Waals surface area (Å²) in [6, 6.07) is 18.3. The summed E-state index contributed by atoms with van der Waals surface area (Å²) < 4.78 is 12.9. The number of rotatable bonds is 7. The van der Waals surface area contributed by atoms with E-state index in [1.165, 1.54) is 0 Å². The van der Waals surface area contributed by atoms with Crippen LogP contribution in [0.1, 0.15) is 22.8 Å². The number of nitrogen functional groups attached to an aromatic ring is 1. The van der Waals surface area contributed by atoms with Gasteiger partial charge in [-0.05, 0) is 16.7 Å². The molecule has 2 aromatic carbocycles. The van der Waals surface area contributed by atoms with Gasteiger partial charge >= 0.3 is 0 Å². The van der Waals surface area contributed by atoms with E-state index in [0.29, 0.717) is 17.7 Å². The van der Waals surface area contributed by atoms with Crippen molar-refractivity contribution < 1.29 is 9.47 Å². The molecule has 1 atom stereocenters. The van der Waals surface area contributed by atoms with E-state index >= 15 is 0 Å². The van der Waals surface area contributed by atoms with Crippen LogP contribution in [0.5, 0.6) is 0 Å². The average molecular weight is 410 g/mol. The molecule has 1 unspecified atom stereocenters. The van der Waals surface area contributed by atoms with Crippen LogP contribution in [0.2, 0.25) is 5.15 Å². The van der Waals surface area contributed by atoms with E-state index in [1.54, 1.807) is 13.4 Å². The van der Waals surface area contributed by atoms with Crippen molar-refractivity contribution >= 4 is 28.7 Å². The Morgan fingerprint density at radius 2 is 1.76 bits per heavy atom. The Morgan fingerprint density at radius 1 is 1.03 bits per heavy atom. The highest BCUT2D eigenvalue weighted by molar-refractivity contribution is 6.33. The molecule has 0 fully saturated rings. The van der Waals surface area contributed by atoms with Crippen molar-refractivity contribution in [2.45, 2.75) is 12.6 Å². The van der Waals surface area contributed by atoms with Gasteiger partial charge in [-0.3, -0.25) is 0 Å². The number of hydrogen-bond donors (Lipinski definition) is 1. The molecular weight excluding hydrogens is 390 g/mol. The summed E-state index contributed by atoms with van der Waals surface area (Å²) in [5.41, 5.74) is 10.1. The highest BCUT2D eigenvalue weighted by Gasteiger charge is 2.15. The summed E-state index contributed by atoms with van der Waals surface area (Å²) in [5.74, 6) is 0.126. The fourth-order valence-electron chi connectivity index (χ4n) is 3.18. The lowest BCUT2D eigenvalue weighted by Crippen LogP contribution is -2.09. The minimum absolute atomic E-state index is 0.126. The second kappa shape index (κ2) is 8.57. The molecule has 0 aliphatic heterocycles. The standard InChI is InChI=1S/C21H20ClN5O2/c1-28-13-29-18(15-5-3-2-4-6-15)16-9-7-14(8-10-16)11-27-12-24-17-19(22)25-21(23)26-20(17)27/h2-10,12,18H,11,13H2,1H3,(H2,23,25,26). The third kappa shape index (κ3) is 4.22. The lowest BCUT2D eigenvalue weighted by atomic mass is 10.00. The molecule has 0 radical (unpaired) electrons. The summed E-state index contributed by atoms with van der Waals surface area (Å²) >= 11 is 6.10.